The van der Waals surface area contributed by atoms with E-state index in [9.17, 15) is 0 Å². The molecule has 1 aliphatic rings. The van der Waals surface area contributed by atoms with Crippen LogP contribution in [0.25, 0.3) is 0 Å². The Morgan fingerprint density at radius 2 is 2.22 bits per heavy atom. The van der Waals surface area contributed by atoms with Crippen molar-refractivity contribution >= 4 is 34.4 Å². The molecule has 18 heavy (non-hydrogen) atoms. The van der Waals surface area contributed by atoms with E-state index in [0.29, 0.717) is 16.9 Å². The Kier molecular flexibility index (Phi) is 3.14. The normalized spacial score (nSPS) is 14.7. The number of nitrogens with two attached hydrogens (primary N) is 1. The predicted octanol–water partition coefficient (Wildman–Crippen LogP) is 3.55. The van der Waals surface area contributed by atoms with Gasteiger partial charge in [-0.15, -0.1) is 0 Å². The number of pyridine rings is 1. The van der Waals surface area contributed by atoms with Gasteiger partial charge < -0.3 is 10.6 Å². The number of hydrogen-bond donors (Lipinski definition) is 1. The number of anilines is 2. The van der Waals surface area contributed by atoms with Gasteiger partial charge in [0, 0.05) is 12.6 Å². The van der Waals surface area contributed by atoms with E-state index in [1.165, 1.54) is 18.4 Å². The summed E-state index contributed by atoms with van der Waals surface area (Å²) < 4.78 is 0. The molecule has 2 aromatic rings. The van der Waals surface area contributed by atoms with Gasteiger partial charge in [0.2, 0.25) is 0 Å². The maximum Gasteiger partial charge on any atom is 0.154 e. The number of thiophene rings is 1. The summed E-state index contributed by atoms with van der Waals surface area (Å²) in [5.74, 6) is 0.816. The van der Waals surface area contributed by atoms with Crippen LogP contribution in [0.5, 0.6) is 0 Å². The Hall–Kier alpha value is -1.26. The van der Waals surface area contributed by atoms with E-state index < -0.39 is 0 Å². The third-order valence-electron chi connectivity index (χ3n) is 3.06. The van der Waals surface area contributed by atoms with Crippen LogP contribution in [-0.2, 0) is 6.54 Å². The topological polar surface area (TPSA) is 42.1 Å². The van der Waals surface area contributed by atoms with Crippen molar-refractivity contribution < 1.29 is 0 Å². The summed E-state index contributed by atoms with van der Waals surface area (Å²) in [6, 6.07) is 6.25. The first-order valence-electron chi connectivity index (χ1n) is 5.94. The van der Waals surface area contributed by atoms with Crippen LogP contribution >= 0.6 is 22.9 Å². The highest BCUT2D eigenvalue weighted by molar-refractivity contribution is 7.07. The Labute approximate surface area is 115 Å². The van der Waals surface area contributed by atoms with Gasteiger partial charge in [0.1, 0.15) is 5.15 Å². The molecule has 0 spiro atoms. The van der Waals surface area contributed by atoms with Gasteiger partial charge in [0.05, 0.1) is 5.69 Å². The lowest BCUT2D eigenvalue weighted by molar-refractivity contribution is 0.782. The van der Waals surface area contributed by atoms with Crippen LogP contribution < -0.4 is 10.6 Å². The molecule has 0 bridgehead atoms. The Morgan fingerprint density at radius 1 is 1.39 bits per heavy atom. The quantitative estimate of drug-likeness (QED) is 0.871. The molecule has 3 nitrogen and oxygen atoms in total. The van der Waals surface area contributed by atoms with Gasteiger partial charge >= 0.3 is 0 Å². The first-order chi connectivity index (χ1) is 8.74. The van der Waals surface area contributed by atoms with Crippen LogP contribution in [0.4, 0.5) is 11.5 Å². The van der Waals surface area contributed by atoms with Gasteiger partial charge in [-0.3, -0.25) is 0 Å². The molecule has 5 heteroatoms. The number of nitrogens with zero attached hydrogens (tertiary/aromatic N) is 2. The second-order valence-corrected chi connectivity index (χ2v) is 5.70. The smallest absolute Gasteiger partial charge is 0.154 e. The van der Waals surface area contributed by atoms with Crippen molar-refractivity contribution in [2.24, 2.45) is 0 Å². The third-order valence-corrected chi connectivity index (χ3v) is 4.01. The molecule has 1 aliphatic carbocycles. The summed E-state index contributed by atoms with van der Waals surface area (Å²) >= 11 is 7.69. The summed E-state index contributed by atoms with van der Waals surface area (Å²) in [7, 11) is 0. The lowest BCUT2D eigenvalue weighted by atomic mass is 10.3. The molecule has 2 N–H and O–H groups in total. The fraction of sp³-hybridized carbons (Fsp3) is 0.308. The summed E-state index contributed by atoms with van der Waals surface area (Å²) in [5.41, 5.74) is 8.02. The zero-order chi connectivity index (χ0) is 12.5. The van der Waals surface area contributed by atoms with E-state index in [4.69, 9.17) is 17.3 Å². The Morgan fingerprint density at radius 3 is 2.89 bits per heavy atom. The second kappa shape index (κ2) is 4.78. The highest BCUT2D eigenvalue weighted by atomic mass is 35.5. The first-order valence-corrected chi connectivity index (χ1v) is 7.26. The molecule has 0 amide bonds. The predicted molar refractivity (Wildman–Crippen MR) is 77.2 cm³/mol. The number of aromatic nitrogens is 1. The lowest BCUT2D eigenvalue weighted by Crippen LogP contribution is -2.26. The molecule has 0 saturated heterocycles. The van der Waals surface area contributed by atoms with Crippen molar-refractivity contribution in [2.45, 2.75) is 25.4 Å². The van der Waals surface area contributed by atoms with Crippen molar-refractivity contribution in [3.05, 3.63) is 39.7 Å². The van der Waals surface area contributed by atoms with E-state index in [1.54, 1.807) is 17.4 Å². The van der Waals surface area contributed by atoms with Crippen molar-refractivity contribution in [1.82, 2.24) is 4.98 Å². The zero-order valence-corrected chi connectivity index (χ0v) is 11.4. The van der Waals surface area contributed by atoms with Crippen molar-refractivity contribution in [3.8, 4) is 0 Å². The molecular weight excluding hydrogens is 266 g/mol. The van der Waals surface area contributed by atoms with Crippen LogP contribution in [0.1, 0.15) is 18.4 Å². The second-order valence-electron chi connectivity index (χ2n) is 4.54. The molecule has 0 aromatic carbocycles. The molecule has 1 fully saturated rings. The van der Waals surface area contributed by atoms with Gasteiger partial charge in [-0.2, -0.15) is 11.3 Å². The van der Waals surface area contributed by atoms with E-state index >= 15 is 0 Å². The zero-order valence-electron chi connectivity index (χ0n) is 9.84. The van der Waals surface area contributed by atoms with Gasteiger partial charge in [0.15, 0.2) is 5.82 Å². The van der Waals surface area contributed by atoms with E-state index in [1.807, 2.05) is 6.07 Å². The van der Waals surface area contributed by atoms with Gasteiger partial charge in [0.25, 0.3) is 0 Å². The Balaban J connectivity index is 1.91. The fourth-order valence-electron chi connectivity index (χ4n) is 2.01. The molecule has 94 valence electrons. The van der Waals surface area contributed by atoms with E-state index in [2.05, 4.69) is 26.7 Å². The number of rotatable bonds is 4. The van der Waals surface area contributed by atoms with Crippen molar-refractivity contribution in [2.75, 3.05) is 10.6 Å². The standard InChI is InChI=1S/C13H14ClN3S/c14-12-4-3-11(15)13(16-12)17(10-1-2-10)7-9-5-6-18-8-9/h3-6,8,10H,1-2,7,15H2. The largest absolute Gasteiger partial charge is 0.396 e. The molecule has 1 saturated carbocycles. The molecule has 3 rings (SSSR count). The molecule has 0 aliphatic heterocycles. The molecule has 0 unspecified atom stereocenters. The SMILES string of the molecule is Nc1ccc(Cl)nc1N(Cc1ccsc1)C1CC1. The van der Waals surface area contributed by atoms with Gasteiger partial charge in [-0.25, -0.2) is 4.98 Å². The summed E-state index contributed by atoms with van der Waals surface area (Å²) in [6.45, 7) is 0.853. The highest BCUT2D eigenvalue weighted by Gasteiger charge is 2.31. The summed E-state index contributed by atoms with van der Waals surface area (Å²) in [5, 5.41) is 4.75. The van der Waals surface area contributed by atoms with Crippen LogP contribution in [0, 0.1) is 0 Å². The summed E-state index contributed by atoms with van der Waals surface area (Å²) in [4.78, 5) is 6.65. The van der Waals surface area contributed by atoms with E-state index in [-0.39, 0.29) is 0 Å². The van der Waals surface area contributed by atoms with Crippen molar-refractivity contribution in [1.29, 1.82) is 0 Å². The van der Waals surface area contributed by atoms with Crippen LogP contribution in [0.3, 0.4) is 0 Å². The molecule has 0 atom stereocenters. The number of nitrogen functional groups attached to an aromatic ring is 1. The molecule has 2 aromatic heterocycles. The molecule has 2 heterocycles. The number of hydrogen-bond acceptors (Lipinski definition) is 4. The van der Waals surface area contributed by atoms with Crippen LogP contribution in [-0.4, -0.2) is 11.0 Å². The maximum absolute atomic E-state index is 6.02. The summed E-state index contributed by atoms with van der Waals surface area (Å²) in [6.07, 6.45) is 2.41. The average molecular weight is 280 g/mol. The van der Waals surface area contributed by atoms with E-state index in [0.717, 1.165) is 12.4 Å². The average Bonchev–Trinajstić information content (AvgIpc) is 3.07. The van der Waals surface area contributed by atoms with Gasteiger partial charge in [-0.1, -0.05) is 11.6 Å². The molecular formula is C13H14ClN3S. The third kappa shape index (κ3) is 2.44. The van der Waals surface area contributed by atoms with Gasteiger partial charge in [-0.05, 0) is 47.4 Å². The Bertz CT molecular complexity index is 537. The van der Waals surface area contributed by atoms with Crippen LogP contribution in [0.15, 0.2) is 29.0 Å². The minimum Gasteiger partial charge on any atom is -0.396 e. The minimum atomic E-state index is 0.496. The minimum absolute atomic E-state index is 0.496. The lowest BCUT2D eigenvalue weighted by Gasteiger charge is -2.24. The molecule has 0 radical (unpaired) electrons. The number of halogens is 1. The first kappa shape index (κ1) is 11.8. The van der Waals surface area contributed by atoms with Crippen molar-refractivity contribution in [3.63, 3.8) is 0 Å². The van der Waals surface area contributed by atoms with Crippen LogP contribution in [0.2, 0.25) is 5.15 Å². The fourth-order valence-corrected chi connectivity index (χ4v) is 2.81. The highest BCUT2D eigenvalue weighted by Crippen LogP contribution is 2.35. The maximum atomic E-state index is 6.02. The monoisotopic (exact) mass is 279 g/mol.